The molecule has 1 aliphatic rings. The van der Waals surface area contributed by atoms with Crippen LogP contribution in [-0.2, 0) is 6.54 Å². The molecule has 1 aromatic carbocycles. The summed E-state index contributed by atoms with van der Waals surface area (Å²) in [5, 5.41) is 8.13. The van der Waals surface area contributed by atoms with Crippen LogP contribution in [0.15, 0.2) is 30.3 Å². The highest BCUT2D eigenvalue weighted by molar-refractivity contribution is 5.45. The van der Waals surface area contributed by atoms with Gasteiger partial charge in [-0.15, -0.1) is 0 Å². The lowest BCUT2D eigenvalue weighted by molar-refractivity contribution is 0.335. The van der Waals surface area contributed by atoms with Crippen LogP contribution in [0, 0.1) is 0 Å². The fourth-order valence-electron chi connectivity index (χ4n) is 2.69. The van der Waals surface area contributed by atoms with Gasteiger partial charge in [0.1, 0.15) is 11.6 Å². The molecule has 1 atom stereocenters. The van der Waals surface area contributed by atoms with Crippen molar-refractivity contribution in [3.05, 3.63) is 41.6 Å². The van der Waals surface area contributed by atoms with Gasteiger partial charge >= 0.3 is 0 Å². The average Bonchev–Trinajstić information content (AvgIpc) is 2.91. The fraction of sp³-hybridized carbons (Fsp3) is 0.438. The van der Waals surface area contributed by atoms with Crippen LogP contribution in [0.1, 0.15) is 37.4 Å². The quantitative estimate of drug-likeness (QED) is 0.927. The van der Waals surface area contributed by atoms with Crippen molar-refractivity contribution in [3.8, 4) is 5.75 Å². The summed E-state index contributed by atoms with van der Waals surface area (Å²) in [7, 11) is 0. The maximum Gasteiger partial charge on any atom is 0.124 e. The van der Waals surface area contributed by atoms with Crippen molar-refractivity contribution in [1.29, 1.82) is 0 Å². The number of benzene rings is 1. The number of ether oxygens (including phenoxy) is 1. The molecule has 2 aromatic rings. The fourth-order valence-corrected chi connectivity index (χ4v) is 2.69. The number of aryl methyl sites for hydroxylation is 1. The Kier molecular flexibility index (Phi) is 3.63. The topological polar surface area (TPSA) is 39.1 Å². The summed E-state index contributed by atoms with van der Waals surface area (Å²) in [6, 6.07) is 10.4. The lowest BCUT2D eigenvalue weighted by atomic mass is 9.97. The summed E-state index contributed by atoms with van der Waals surface area (Å²) in [5.74, 6) is 2.33. The molecule has 0 aliphatic carbocycles. The Balaban J connectivity index is 1.92. The summed E-state index contributed by atoms with van der Waals surface area (Å²) in [6.07, 6.45) is 1.14. The zero-order valence-corrected chi connectivity index (χ0v) is 12.1. The summed E-state index contributed by atoms with van der Waals surface area (Å²) < 4.78 is 7.80. The molecule has 106 valence electrons. The van der Waals surface area contributed by atoms with Crippen LogP contribution in [0.25, 0.3) is 0 Å². The Labute approximate surface area is 119 Å². The zero-order valence-electron chi connectivity index (χ0n) is 12.1. The number of fused-ring (bicyclic) bond motifs is 1. The molecule has 1 N–H and O–H groups in total. The van der Waals surface area contributed by atoms with Gasteiger partial charge in [-0.2, -0.15) is 5.10 Å². The van der Waals surface area contributed by atoms with Gasteiger partial charge in [0.15, 0.2) is 0 Å². The van der Waals surface area contributed by atoms with Crippen molar-refractivity contribution in [1.82, 2.24) is 9.78 Å². The highest BCUT2D eigenvalue weighted by Crippen LogP contribution is 2.32. The molecule has 4 heteroatoms. The van der Waals surface area contributed by atoms with Gasteiger partial charge in [0.2, 0.25) is 0 Å². The standard InChI is InChI=1S/C16H21N3O/c1-3-20-15-8-5-4-7-13(15)12(2)14-11-16-17-9-6-10-19(16)18-14/h4-5,7-8,11-12,17H,3,6,9-10H2,1-2H3. The molecule has 2 heterocycles. The van der Waals surface area contributed by atoms with E-state index in [1.165, 1.54) is 5.56 Å². The Morgan fingerprint density at radius 3 is 3.05 bits per heavy atom. The first-order valence-corrected chi connectivity index (χ1v) is 7.33. The molecule has 0 fully saturated rings. The zero-order chi connectivity index (χ0) is 13.9. The summed E-state index contributed by atoms with van der Waals surface area (Å²) in [6.45, 7) is 6.93. The molecule has 20 heavy (non-hydrogen) atoms. The van der Waals surface area contributed by atoms with Crippen molar-refractivity contribution >= 4 is 5.82 Å². The van der Waals surface area contributed by atoms with E-state index in [1.54, 1.807) is 0 Å². The predicted octanol–water partition coefficient (Wildman–Crippen LogP) is 3.25. The molecule has 0 saturated carbocycles. The van der Waals surface area contributed by atoms with Crippen molar-refractivity contribution in [2.45, 2.75) is 32.7 Å². The molecule has 0 spiro atoms. The molecule has 1 aliphatic heterocycles. The van der Waals surface area contributed by atoms with Gasteiger partial charge in [-0.25, -0.2) is 4.68 Å². The summed E-state index contributed by atoms with van der Waals surface area (Å²) in [5.41, 5.74) is 2.30. The van der Waals surface area contributed by atoms with E-state index in [9.17, 15) is 0 Å². The molecule has 0 saturated heterocycles. The third-order valence-corrected chi connectivity index (χ3v) is 3.78. The Bertz CT molecular complexity index is 568. The minimum absolute atomic E-state index is 0.234. The molecular weight excluding hydrogens is 250 g/mol. The first kappa shape index (κ1) is 13.0. The van der Waals surface area contributed by atoms with Crippen LogP contribution in [0.5, 0.6) is 5.75 Å². The molecule has 1 unspecified atom stereocenters. The Morgan fingerprint density at radius 2 is 2.25 bits per heavy atom. The minimum atomic E-state index is 0.234. The maximum absolute atomic E-state index is 5.73. The van der Waals surface area contributed by atoms with E-state index >= 15 is 0 Å². The monoisotopic (exact) mass is 271 g/mol. The van der Waals surface area contributed by atoms with Crippen LogP contribution in [0.4, 0.5) is 5.82 Å². The maximum atomic E-state index is 5.73. The lowest BCUT2D eigenvalue weighted by Gasteiger charge is -2.15. The number of hydrogen-bond acceptors (Lipinski definition) is 3. The van der Waals surface area contributed by atoms with Crippen molar-refractivity contribution in [2.75, 3.05) is 18.5 Å². The average molecular weight is 271 g/mol. The van der Waals surface area contributed by atoms with E-state index in [2.05, 4.69) is 35.1 Å². The molecular formula is C16H21N3O. The predicted molar refractivity (Wildman–Crippen MR) is 80.5 cm³/mol. The summed E-state index contributed by atoms with van der Waals surface area (Å²) in [4.78, 5) is 0. The molecule has 1 aromatic heterocycles. The van der Waals surface area contributed by atoms with E-state index in [4.69, 9.17) is 9.84 Å². The first-order valence-electron chi connectivity index (χ1n) is 7.33. The van der Waals surface area contributed by atoms with Gasteiger partial charge < -0.3 is 10.1 Å². The van der Waals surface area contributed by atoms with E-state index in [1.807, 2.05) is 19.1 Å². The van der Waals surface area contributed by atoms with Crippen molar-refractivity contribution in [3.63, 3.8) is 0 Å². The summed E-state index contributed by atoms with van der Waals surface area (Å²) >= 11 is 0. The van der Waals surface area contributed by atoms with Gasteiger partial charge in [0.25, 0.3) is 0 Å². The van der Waals surface area contributed by atoms with Gasteiger partial charge in [-0.1, -0.05) is 25.1 Å². The van der Waals surface area contributed by atoms with E-state index in [0.29, 0.717) is 6.61 Å². The number of anilines is 1. The molecule has 0 amide bonds. The van der Waals surface area contributed by atoms with E-state index < -0.39 is 0 Å². The Hall–Kier alpha value is -1.97. The van der Waals surface area contributed by atoms with Gasteiger partial charge in [-0.05, 0) is 19.4 Å². The number of para-hydroxylation sites is 1. The number of rotatable bonds is 4. The third kappa shape index (κ3) is 2.38. The van der Waals surface area contributed by atoms with Gasteiger partial charge in [0.05, 0.1) is 12.3 Å². The van der Waals surface area contributed by atoms with Crippen LogP contribution in [0.3, 0.4) is 0 Å². The van der Waals surface area contributed by atoms with E-state index in [-0.39, 0.29) is 5.92 Å². The van der Waals surface area contributed by atoms with Gasteiger partial charge in [-0.3, -0.25) is 0 Å². The highest BCUT2D eigenvalue weighted by Gasteiger charge is 2.19. The molecule has 3 rings (SSSR count). The number of nitrogens with one attached hydrogen (secondary N) is 1. The van der Waals surface area contributed by atoms with Gasteiger partial charge in [0, 0.05) is 30.6 Å². The second-order valence-electron chi connectivity index (χ2n) is 5.15. The minimum Gasteiger partial charge on any atom is -0.494 e. The van der Waals surface area contributed by atoms with Crippen LogP contribution in [-0.4, -0.2) is 22.9 Å². The molecule has 4 nitrogen and oxygen atoms in total. The first-order chi connectivity index (χ1) is 9.79. The Morgan fingerprint density at radius 1 is 1.40 bits per heavy atom. The normalized spacial score (nSPS) is 15.3. The van der Waals surface area contributed by atoms with Crippen molar-refractivity contribution in [2.24, 2.45) is 0 Å². The smallest absolute Gasteiger partial charge is 0.124 e. The number of aromatic nitrogens is 2. The van der Waals surface area contributed by atoms with Crippen LogP contribution < -0.4 is 10.1 Å². The largest absolute Gasteiger partial charge is 0.494 e. The third-order valence-electron chi connectivity index (χ3n) is 3.78. The number of nitrogens with zero attached hydrogens (tertiary/aromatic N) is 2. The number of hydrogen-bond donors (Lipinski definition) is 1. The molecule has 0 bridgehead atoms. The SMILES string of the molecule is CCOc1ccccc1C(C)c1cc2n(n1)CCCN2. The highest BCUT2D eigenvalue weighted by atomic mass is 16.5. The van der Waals surface area contributed by atoms with Crippen LogP contribution >= 0.6 is 0 Å². The second kappa shape index (κ2) is 5.57. The second-order valence-corrected chi connectivity index (χ2v) is 5.15. The molecule has 0 radical (unpaired) electrons. The van der Waals surface area contributed by atoms with Crippen molar-refractivity contribution < 1.29 is 4.74 Å². The van der Waals surface area contributed by atoms with E-state index in [0.717, 1.165) is 36.8 Å². The lowest BCUT2D eigenvalue weighted by Crippen LogP contribution is -2.17. The van der Waals surface area contributed by atoms with Crippen LogP contribution in [0.2, 0.25) is 0 Å².